The maximum absolute atomic E-state index is 10.7. The van der Waals surface area contributed by atoms with Gasteiger partial charge in [-0.05, 0) is 0 Å². The quantitative estimate of drug-likeness (QED) is 0.302. The molecule has 0 amide bonds. The number of rotatable bonds is 3. The van der Waals surface area contributed by atoms with E-state index >= 15 is 0 Å². The molecule has 0 aromatic rings. The van der Waals surface area contributed by atoms with E-state index in [2.05, 4.69) is 4.74 Å². The molecule has 1 fully saturated rings. The second-order valence-electron chi connectivity index (χ2n) is 3.08. The van der Waals surface area contributed by atoms with Crippen LogP contribution in [0.15, 0.2) is 0 Å². The van der Waals surface area contributed by atoms with E-state index in [-0.39, 0.29) is 0 Å². The van der Waals surface area contributed by atoms with E-state index in [9.17, 15) is 15.0 Å². The van der Waals surface area contributed by atoms with Gasteiger partial charge in [-0.15, -0.1) is 0 Å². The average Bonchev–Trinajstić information content (AvgIpc) is 2.43. The van der Waals surface area contributed by atoms with Crippen LogP contribution in [-0.2, 0) is 9.53 Å². The Morgan fingerprint density at radius 1 is 1.36 bits per heavy atom. The molecule has 0 radical (unpaired) electrons. The van der Waals surface area contributed by atoms with Crippen LogP contribution in [0.2, 0.25) is 0 Å². The highest BCUT2D eigenvalue weighted by Crippen LogP contribution is 2.20. The monoisotopic (exact) mass is 208 g/mol. The van der Waals surface area contributed by atoms with Crippen molar-refractivity contribution >= 4 is 5.97 Å². The zero-order valence-electron chi connectivity index (χ0n) is 7.15. The van der Waals surface area contributed by atoms with Gasteiger partial charge in [-0.2, -0.15) is 0 Å². The molecule has 7 heteroatoms. The lowest BCUT2D eigenvalue weighted by Gasteiger charge is -2.23. The van der Waals surface area contributed by atoms with Crippen LogP contribution in [-0.4, -0.2) is 68.6 Å². The fourth-order valence-electron chi connectivity index (χ4n) is 1.19. The first-order chi connectivity index (χ1) is 6.49. The highest BCUT2D eigenvalue weighted by atomic mass is 16.6. The van der Waals surface area contributed by atoms with Crippen molar-refractivity contribution in [2.24, 2.45) is 0 Å². The second-order valence-corrected chi connectivity index (χ2v) is 3.08. The molecule has 0 aromatic heterocycles. The highest BCUT2D eigenvalue weighted by molar-refractivity contribution is 5.77. The third-order valence-electron chi connectivity index (χ3n) is 2.07. The van der Waals surface area contributed by atoms with Gasteiger partial charge in [0.05, 0.1) is 6.61 Å². The summed E-state index contributed by atoms with van der Waals surface area (Å²) in [5, 5.41) is 44.9. The van der Waals surface area contributed by atoms with Crippen LogP contribution in [0.4, 0.5) is 0 Å². The summed E-state index contributed by atoms with van der Waals surface area (Å²) in [6.07, 6.45) is -7.90. The summed E-state index contributed by atoms with van der Waals surface area (Å²) in [6.45, 7) is -0.738. The number of carbonyl (C=O) groups is 1. The van der Waals surface area contributed by atoms with Gasteiger partial charge in [0.2, 0.25) is 0 Å². The fraction of sp³-hybridized carbons (Fsp3) is 0.857. The topological polar surface area (TPSA) is 127 Å². The van der Waals surface area contributed by atoms with Gasteiger partial charge in [-0.3, -0.25) is 0 Å². The zero-order valence-corrected chi connectivity index (χ0v) is 7.15. The Bertz CT molecular complexity index is 218. The predicted octanol–water partition coefficient (Wildman–Crippen LogP) is -3.65. The summed E-state index contributed by atoms with van der Waals surface area (Å²) in [7, 11) is 0. The summed E-state index contributed by atoms with van der Waals surface area (Å²) in [4.78, 5) is 10.7. The normalized spacial score (nSPS) is 36.6. The highest BCUT2D eigenvalue weighted by Gasteiger charge is 2.47. The maximum Gasteiger partial charge on any atom is 0.338 e. The Morgan fingerprint density at radius 2 is 1.93 bits per heavy atom. The van der Waals surface area contributed by atoms with E-state index in [0.717, 1.165) is 0 Å². The summed E-state index contributed by atoms with van der Waals surface area (Å²) < 4.78 is 4.41. The number of carbonyl (C=O) groups excluding carboxylic acids is 1. The molecule has 5 N–H and O–H groups in total. The Kier molecular flexibility index (Phi) is 3.40. The van der Waals surface area contributed by atoms with Gasteiger partial charge in [-0.25, -0.2) is 4.79 Å². The predicted molar refractivity (Wildman–Crippen MR) is 41.0 cm³/mol. The summed E-state index contributed by atoms with van der Waals surface area (Å²) >= 11 is 0. The Labute approximate surface area is 79.2 Å². The number of hydrogen-bond acceptors (Lipinski definition) is 7. The van der Waals surface area contributed by atoms with Crippen molar-refractivity contribution in [1.82, 2.24) is 0 Å². The van der Waals surface area contributed by atoms with Crippen molar-refractivity contribution in [2.75, 3.05) is 6.61 Å². The van der Waals surface area contributed by atoms with E-state index in [1.54, 1.807) is 0 Å². The third kappa shape index (κ3) is 1.86. The number of ether oxygens (including phenoxy) is 1. The molecule has 1 aliphatic heterocycles. The molecule has 82 valence electrons. The first-order valence-corrected chi connectivity index (χ1v) is 4.02. The SMILES string of the molecule is O=C1OC([C@@H](O)[C@H](O)CO)[C@@H](O)[C@H]1O. The molecule has 0 spiro atoms. The lowest BCUT2D eigenvalue weighted by atomic mass is 10.0. The van der Waals surface area contributed by atoms with Crippen molar-refractivity contribution in [3.05, 3.63) is 0 Å². The number of aliphatic hydroxyl groups is 5. The molecule has 0 bridgehead atoms. The van der Waals surface area contributed by atoms with Crippen LogP contribution < -0.4 is 0 Å². The van der Waals surface area contributed by atoms with Crippen LogP contribution in [0.3, 0.4) is 0 Å². The molecule has 1 rings (SSSR count). The lowest BCUT2D eigenvalue weighted by Crippen LogP contribution is -2.46. The molecule has 1 unspecified atom stereocenters. The number of cyclic esters (lactones) is 1. The van der Waals surface area contributed by atoms with Crippen molar-refractivity contribution < 1.29 is 35.1 Å². The van der Waals surface area contributed by atoms with Gasteiger partial charge >= 0.3 is 5.97 Å². The zero-order chi connectivity index (χ0) is 10.9. The Balaban J connectivity index is 2.66. The van der Waals surface area contributed by atoms with Gasteiger partial charge in [0, 0.05) is 0 Å². The van der Waals surface area contributed by atoms with E-state index in [0.29, 0.717) is 0 Å². The summed E-state index contributed by atoms with van der Waals surface area (Å²) in [5.74, 6) is -1.06. The van der Waals surface area contributed by atoms with Gasteiger partial charge in [-0.1, -0.05) is 0 Å². The van der Waals surface area contributed by atoms with Gasteiger partial charge in [0.25, 0.3) is 0 Å². The lowest BCUT2D eigenvalue weighted by molar-refractivity contribution is -0.155. The standard InChI is InChI=1S/C7H12O7/c8-1-2(9)3(10)6-4(11)5(12)7(13)14-6/h2-6,8-12H,1H2/t2-,3+,4+,5-,6?/m1/s1. The van der Waals surface area contributed by atoms with Crippen molar-refractivity contribution in [1.29, 1.82) is 0 Å². The number of esters is 1. The van der Waals surface area contributed by atoms with Gasteiger partial charge < -0.3 is 30.3 Å². The molecule has 14 heavy (non-hydrogen) atoms. The molecular weight excluding hydrogens is 196 g/mol. The minimum atomic E-state index is -1.72. The third-order valence-corrected chi connectivity index (χ3v) is 2.07. The minimum Gasteiger partial charge on any atom is -0.455 e. The fourth-order valence-corrected chi connectivity index (χ4v) is 1.19. The molecule has 1 saturated heterocycles. The van der Waals surface area contributed by atoms with Crippen LogP contribution in [0.5, 0.6) is 0 Å². The molecule has 5 atom stereocenters. The molecular formula is C7H12O7. The number of aliphatic hydroxyl groups excluding tert-OH is 5. The molecule has 1 heterocycles. The van der Waals surface area contributed by atoms with Crippen molar-refractivity contribution in [3.63, 3.8) is 0 Å². The van der Waals surface area contributed by atoms with Crippen molar-refractivity contribution in [2.45, 2.75) is 30.5 Å². The van der Waals surface area contributed by atoms with Gasteiger partial charge in [0.1, 0.15) is 18.3 Å². The summed E-state index contributed by atoms with van der Waals surface area (Å²) in [5.41, 5.74) is 0. The van der Waals surface area contributed by atoms with E-state index in [1.807, 2.05) is 0 Å². The minimum absolute atomic E-state index is 0.738. The molecule has 0 aliphatic carbocycles. The Hall–Kier alpha value is -0.730. The van der Waals surface area contributed by atoms with Crippen LogP contribution >= 0.6 is 0 Å². The molecule has 0 aromatic carbocycles. The molecule has 0 saturated carbocycles. The summed E-state index contributed by atoms with van der Waals surface area (Å²) in [6, 6.07) is 0. The first kappa shape index (κ1) is 11.3. The van der Waals surface area contributed by atoms with E-state index in [1.165, 1.54) is 0 Å². The van der Waals surface area contributed by atoms with Crippen molar-refractivity contribution in [3.8, 4) is 0 Å². The van der Waals surface area contributed by atoms with Crippen LogP contribution in [0, 0.1) is 0 Å². The van der Waals surface area contributed by atoms with Crippen LogP contribution in [0.1, 0.15) is 0 Å². The first-order valence-electron chi connectivity index (χ1n) is 4.02. The number of hydrogen-bond donors (Lipinski definition) is 5. The molecule has 1 aliphatic rings. The Morgan fingerprint density at radius 3 is 2.29 bits per heavy atom. The molecule has 7 nitrogen and oxygen atoms in total. The smallest absolute Gasteiger partial charge is 0.338 e. The van der Waals surface area contributed by atoms with E-state index < -0.39 is 43.1 Å². The second kappa shape index (κ2) is 4.20. The van der Waals surface area contributed by atoms with E-state index in [4.69, 9.17) is 15.3 Å². The average molecular weight is 208 g/mol. The maximum atomic E-state index is 10.7. The largest absolute Gasteiger partial charge is 0.455 e. The van der Waals surface area contributed by atoms with Gasteiger partial charge in [0.15, 0.2) is 12.2 Å². The van der Waals surface area contributed by atoms with Crippen LogP contribution in [0.25, 0.3) is 0 Å².